The summed E-state index contributed by atoms with van der Waals surface area (Å²) < 4.78 is 30.1. The Bertz CT molecular complexity index is 422. The van der Waals surface area contributed by atoms with Crippen molar-refractivity contribution in [2.24, 2.45) is 5.92 Å². The molecule has 1 fully saturated rings. The summed E-state index contributed by atoms with van der Waals surface area (Å²) in [5, 5.41) is 0. The van der Waals surface area contributed by atoms with E-state index in [1.54, 1.807) is 0 Å². The molecule has 0 radical (unpaired) electrons. The fourth-order valence-electron chi connectivity index (χ4n) is 2.16. The van der Waals surface area contributed by atoms with E-state index in [0.29, 0.717) is 18.1 Å². The molecular weight excluding hydrogens is 258 g/mol. The van der Waals surface area contributed by atoms with Crippen molar-refractivity contribution in [2.75, 3.05) is 0 Å². The molecule has 0 aliphatic heterocycles. The van der Waals surface area contributed by atoms with Crippen molar-refractivity contribution in [3.63, 3.8) is 0 Å². The van der Waals surface area contributed by atoms with Crippen molar-refractivity contribution in [2.45, 2.75) is 25.7 Å². The van der Waals surface area contributed by atoms with E-state index in [1.165, 1.54) is 0 Å². The predicted molar refractivity (Wildman–Crippen MR) is 53.0 cm³/mol. The largest absolute Gasteiger partial charge is 0.536 e. The highest BCUT2D eigenvalue weighted by Gasteiger charge is 2.39. The van der Waals surface area contributed by atoms with Crippen LogP contribution in [0.1, 0.15) is 25.7 Å². The molecule has 0 aromatic rings. The van der Waals surface area contributed by atoms with Gasteiger partial charge in [0.05, 0.1) is 0 Å². The average molecular weight is 270 g/mol. The number of allylic oxidation sites excluding steroid dienone is 2. The van der Waals surface area contributed by atoms with Crippen LogP contribution in [0.15, 0.2) is 11.3 Å². The molecule has 1 saturated carbocycles. The van der Waals surface area contributed by atoms with E-state index in [1.807, 2.05) is 0 Å². The molecule has 2 aliphatic rings. The number of fused-ring (bicyclic) bond motifs is 2. The van der Waals surface area contributed by atoms with E-state index < -0.39 is 15.6 Å². The summed E-state index contributed by atoms with van der Waals surface area (Å²) in [7, 11) is -9.74. The molecular formula is C7H12O7P2. The maximum Gasteiger partial charge on any atom is 0.536 e. The topological polar surface area (TPSA) is 113 Å². The number of rotatable bonds is 4. The van der Waals surface area contributed by atoms with E-state index in [0.717, 1.165) is 24.8 Å². The number of hydrogen-bond acceptors (Lipinski definition) is 4. The van der Waals surface area contributed by atoms with Gasteiger partial charge in [0.1, 0.15) is 5.76 Å². The second kappa shape index (κ2) is 3.95. The monoisotopic (exact) mass is 270 g/mol. The Morgan fingerprint density at radius 2 is 1.88 bits per heavy atom. The quantitative estimate of drug-likeness (QED) is 0.666. The molecule has 0 amide bonds. The third kappa shape index (κ3) is 2.94. The third-order valence-electron chi connectivity index (χ3n) is 2.69. The fraction of sp³-hybridized carbons (Fsp3) is 0.714. The molecule has 0 aromatic heterocycles. The molecule has 2 rings (SSSR count). The van der Waals surface area contributed by atoms with Gasteiger partial charge in [0.2, 0.25) is 0 Å². The van der Waals surface area contributed by atoms with Gasteiger partial charge in [-0.3, -0.25) is 4.89 Å². The summed E-state index contributed by atoms with van der Waals surface area (Å²) in [5.41, 5.74) is 0.952. The average Bonchev–Trinajstić information content (AvgIpc) is 2.57. The van der Waals surface area contributed by atoms with Gasteiger partial charge in [-0.15, -0.1) is 0 Å². The minimum Gasteiger partial charge on any atom is -0.408 e. The Kier molecular flexibility index (Phi) is 3.03. The van der Waals surface area contributed by atoms with Crippen LogP contribution >= 0.6 is 15.6 Å². The summed E-state index contributed by atoms with van der Waals surface area (Å²) >= 11 is 0. The number of phosphoric acid groups is 2. The summed E-state index contributed by atoms with van der Waals surface area (Å²) in [6, 6.07) is 0. The fourth-order valence-corrected chi connectivity index (χ4v) is 3.85. The van der Waals surface area contributed by atoms with Crippen molar-refractivity contribution in [3.05, 3.63) is 11.3 Å². The zero-order chi connectivity index (χ0) is 12.0. The van der Waals surface area contributed by atoms with Gasteiger partial charge in [-0.1, -0.05) is 0 Å². The van der Waals surface area contributed by atoms with E-state index >= 15 is 0 Å². The standard InChI is InChI=1S/C7H12O7P2/c8-15(9,10)14-16(11,12)13-7-4-5-1-2-6(7)3-5/h5H,1-4H2,(H,11,12)(H2,8,9,10). The summed E-state index contributed by atoms with van der Waals surface area (Å²) in [6.45, 7) is 0. The van der Waals surface area contributed by atoms with E-state index in [2.05, 4.69) is 8.83 Å². The zero-order valence-electron chi connectivity index (χ0n) is 8.27. The van der Waals surface area contributed by atoms with Crippen molar-refractivity contribution >= 4 is 15.6 Å². The Morgan fingerprint density at radius 1 is 1.19 bits per heavy atom. The van der Waals surface area contributed by atoms with E-state index in [4.69, 9.17) is 14.7 Å². The molecule has 16 heavy (non-hydrogen) atoms. The van der Waals surface area contributed by atoms with Crippen LogP contribution in [0.3, 0.4) is 0 Å². The first-order valence-electron chi connectivity index (χ1n) is 4.75. The predicted octanol–water partition coefficient (Wildman–Crippen LogP) is 1.67. The number of phosphoric ester groups is 1. The van der Waals surface area contributed by atoms with Gasteiger partial charge in [0.15, 0.2) is 0 Å². The van der Waals surface area contributed by atoms with Gasteiger partial charge in [-0.2, -0.15) is 4.31 Å². The van der Waals surface area contributed by atoms with Crippen LogP contribution in [-0.2, 0) is 18.0 Å². The second-order valence-electron chi connectivity index (χ2n) is 3.97. The van der Waals surface area contributed by atoms with Crippen LogP contribution in [0.25, 0.3) is 0 Å². The molecule has 2 atom stereocenters. The van der Waals surface area contributed by atoms with Crippen molar-refractivity contribution in [1.29, 1.82) is 0 Å². The van der Waals surface area contributed by atoms with Gasteiger partial charge >= 0.3 is 15.6 Å². The molecule has 2 unspecified atom stereocenters. The molecule has 2 aliphatic carbocycles. The Hall–Kier alpha value is -0.160. The molecule has 3 N–H and O–H groups in total. The first kappa shape index (κ1) is 12.3. The van der Waals surface area contributed by atoms with E-state index in [-0.39, 0.29) is 0 Å². The smallest absolute Gasteiger partial charge is 0.408 e. The first-order chi connectivity index (χ1) is 7.25. The lowest BCUT2D eigenvalue weighted by atomic mass is 10.1. The van der Waals surface area contributed by atoms with Crippen LogP contribution in [0.2, 0.25) is 0 Å². The van der Waals surface area contributed by atoms with Gasteiger partial charge in [-0.25, -0.2) is 9.13 Å². The van der Waals surface area contributed by atoms with Crippen LogP contribution in [-0.4, -0.2) is 14.7 Å². The Balaban J connectivity index is 2.05. The van der Waals surface area contributed by atoms with Crippen LogP contribution < -0.4 is 0 Å². The normalized spacial score (nSPS) is 28.3. The lowest BCUT2D eigenvalue weighted by molar-refractivity contribution is 0.202. The minimum absolute atomic E-state index is 0.357. The highest BCUT2D eigenvalue weighted by atomic mass is 31.3. The lowest BCUT2D eigenvalue weighted by Crippen LogP contribution is -1.99. The van der Waals surface area contributed by atoms with Gasteiger partial charge < -0.3 is 14.3 Å². The molecule has 0 spiro atoms. The van der Waals surface area contributed by atoms with Crippen molar-refractivity contribution in [1.82, 2.24) is 0 Å². The summed E-state index contributed by atoms with van der Waals surface area (Å²) in [4.78, 5) is 26.0. The number of hydrogen-bond donors (Lipinski definition) is 3. The molecule has 0 heterocycles. The second-order valence-corrected chi connectivity index (χ2v) is 6.73. The van der Waals surface area contributed by atoms with E-state index in [9.17, 15) is 9.13 Å². The zero-order valence-corrected chi connectivity index (χ0v) is 10.1. The van der Waals surface area contributed by atoms with Gasteiger partial charge in [-0.05, 0) is 30.8 Å². The van der Waals surface area contributed by atoms with Gasteiger partial charge in [0.25, 0.3) is 0 Å². The third-order valence-corrected chi connectivity index (χ3v) is 4.82. The SMILES string of the molecule is O=P(O)(O)OP(=O)(O)OC1=C2CCC(C2)C1. The van der Waals surface area contributed by atoms with Gasteiger partial charge in [0, 0.05) is 6.42 Å². The molecule has 9 heteroatoms. The highest BCUT2D eigenvalue weighted by Crippen LogP contribution is 2.60. The first-order valence-corrected chi connectivity index (χ1v) is 7.78. The Labute approximate surface area is 91.9 Å². The maximum absolute atomic E-state index is 11.2. The molecule has 92 valence electrons. The van der Waals surface area contributed by atoms with Crippen LogP contribution in [0.5, 0.6) is 0 Å². The maximum atomic E-state index is 11.2. The highest BCUT2D eigenvalue weighted by molar-refractivity contribution is 7.60. The molecule has 7 nitrogen and oxygen atoms in total. The molecule has 0 aromatic carbocycles. The Morgan fingerprint density at radius 3 is 2.31 bits per heavy atom. The van der Waals surface area contributed by atoms with Crippen LogP contribution in [0, 0.1) is 5.92 Å². The summed E-state index contributed by atoms with van der Waals surface area (Å²) in [6.07, 6.45) is 3.24. The van der Waals surface area contributed by atoms with Crippen LogP contribution in [0.4, 0.5) is 0 Å². The van der Waals surface area contributed by atoms with Crippen molar-refractivity contribution in [3.8, 4) is 0 Å². The summed E-state index contributed by atoms with van der Waals surface area (Å²) in [5.74, 6) is 0.788. The van der Waals surface area contributed by atoms with Crippen molar-refractivity contribution < 1.29 is 32.6 Å². The molecule has 2 bridgehead atoms. The lowest BCUT2D eigenvalue weighted by Gasteiger charge is -2.17. The molecule has 0 saturated heterocycles. The minimum atomic E-state index is -5.02.